The third-order valence-electron chi connectivity index (χ3n) is 3.14. The van der Waals surface area contributed by atoms with Gasteiger partial charge in [0.1, 0.15) is 5.75 Å². The number of aromatic amines is 1. The summed E-state index contributed by atoms with van der Waals surface area (Å²) in [4.78, 5) is 24.7. The van der Waals surface area contributed by atoms with Gasteiger partial charge in [-0.05, 0) is 17.7 Å². The number of benzene rings is 1. The molecule has 130 valence electrons. The van der Waals surface area contributed by atoms with Crippen LogP contribution < -0.4 is 10.3 Å². The average Bonchev–Trinajstić information content (AvgIpc) is 2.94. The molecule has 1 N–H and O–H groups in total. The first-order valence-electron chi connectivity index (χ1n) is 7.18. The number of halogens is 2. The van der Waals surface area contributed by atoms with Gasteiger partial charge in [-0.1, -0.05) is 12.1 Å². The fraction of sp³-hybridized carbons (Fsp3) is 0.200. The van der Waals surface area contributed by atoms with E-state index in [2.05, 4.69) is 24.8 Å². The zero-order valence-electron chi connectivity index (χ0n) is 13.3. The first-order valence-corrected chi connectivity index (χ1v) is 7.18. The standard InChI is InChI=1S/C15H14F2N6O2/c1-22(2)8-18-14-20-15-19-12(24)11(7-23(15)21-14)9-3-5-10(6-4-9)25-13(16)17/h3-8,13H,1-2H3,(H,19,20,21,24)/b18-8+. The molecule has 0 spiro atoms. The van der Waals surface area contributed by atoms with Gasteiger partial charge in [0.15, 0.2) is 0 Å². The molecule has 1 aromatic carbocycles. The molecule has 0 atom stereocenters. The Hall–Kier alpha value is -3.30. The van der Waals surface area contributed by atoms with Crippen LogP contribution in [0.4, 0.5) is 14.7 Å². The third kappa shape index (κ3) is 3.79. The van der Waals surface area contributed by atoms with Crippen LogP contribution in [0.3, 0.4) is 0 Å². The van der Waals surface area contributed by atoms with Gasteiger partial charge in [0.2, 0.25) is 5.78 Å². The molecular formula is C15H14F2N6O2. The lowest BCUT2D eigenvalue weighted by molar-refractivity contribution is -0.0498. The molecule has 0 unspecified atom stereocenters. The SMILES string of the molecule is CN(C)/C=N/c1nc2[nH]c(=O)c(-c3ccc(OC(F)F)cc3)cn2n1. The van der Waals surface area contributed by atoms with Gasteiger partial charge in [0.05, 0.1) is 11.9 Å². The van der Waals surface area contributed by atoms with E-state index in [1.807, 2.05) is 0 Å². The minimum Gasteiger partial charge on any atom is -0.435 e. The van der Waals surface area contributed by atoms with Crippen molar-refractivity contribution in [2.75, 3.05) is 14.1 Å². The zero-order valence-corrected chi connectivity index (χ0v) is 13.3. The van der Waals surface area contributed by atoms with Crippen LogP contribution in [0.2, 0.25) is 0 Å². The van der Waals surface area contributed by atoms with Crippen molar-refractivity contribution >= 4 is 18.1 Å². The predicted octanol–water partition coefficient (Wildman–Crippen LogP) is 1.91. The molecule has 0 saturated carbocycles. The van der Waals surface area contributed by atoms with E-state index in [0.717, 1.165) is 0 Å². The second-order valence-corrected chi connectivity index (χ2v) is 5.29. The van der Waals surface area contributed by atoms with Gasteiger partial charge in [0.25, 0.3) is 11.5 Å². The first-order chi connectivity index (χ1) is 11.9. The summed E-state index contributed by atoms with van der Waals surface area (Å²) >= 11 is 0. The Morgan fingerprint density at radius 3 is 2.68 bits per heavy atom. The van der Waals surface area contributed by atoms with Crippen molar-refractivity contribution in [1.29, 1.82) is 0 Å². The van der Waals surface area contributed by atoms with Crippen LogP contribution in [0.5, 0.6) is 5.75 Å². The number of aliphatic imine (C=N–C) groups is 1. The largest absolute Gasteiger partial charge is 0.435 e. The van der Waals surface area contributed by atoms with Crippen molar-refractivity contribution in [1.82, 2.24) is 24.5 Å². The molecule has 0 bridgehead atoms. The number of alkyl halides is 2. The maximum absolute atomic E-state index is 12.2. The number of aromatic nitrogens is 4. The van der Waals surface area contributed by atoms with Gasteiger partial charge in [-0.15, -0.1) is 5.10 Å². The highest BCUT2D eigenvalue weighted by Gasteiger charge is 2.10. The summed E-state index contributed by atoms with van der Waals surface area (Å²) in [6, 6.07) is 5.74. The smallest absolute Gasteiger partial charge is 0.387 e. The minimum atomic E-state index is -2.90. The number of rotatable bonds is 5. The lowest BCUT2D eigenvalue weighted by Gasteiger charge is -2.05. The highest BCUT2D eigenvalue weighted by Crippen LogP contribution is 2.21. The molecule has 0 saturated heterocycles. The van der Waals surface area contributed by atoms with E-state index in [9.17, 15) is 13.6 Å². The Bertz CT molecular complexity index is 962. The maximum Gasteiger partial charge on any atom is 0.387 e. The lowest BCUT2D eigenvalue weighted by atomic mass is 10.1. The quantitative estimate of drug-likeness (QED) is 0.562. The molecule has 3 rings (SSSR count). The van der Waals surface area contributed by atoms with Crippen molar-refractivity contribution in [3.8, 4) is 16.9 Å². The maximum atomic E-state index is 12.2. The van der Waals surface area contributed by atoms with Gasteiger partial charge in [-0.3, -0.25) is 9.78 Å². The van der Waals surface area contributed by atoms with Crippen LogP contribution in [0.1, 0.15) is 0 Å². The number of nitrogens with zero attached hydrogens (tertiary/aromatic N) is 5. The van der Waals surface area contributed by atoms with E-state index in [1.54, 1.807) is 19.0 Å². The normalized spacial score (nSPS) is 11.6. The summed E-state index contributed by atoms with van der Waals surface area (Å²) < 4.78 is 30.1. The second-order valence-electron chi connectivity index (χ2n) is 5.29. The molecule has 25 heavy (non-hydrogen) atoms. The number of hydrogen-bond donors (Lipinski definition) is 1. The summed E-state index contributed by atoms with van der Waals surface area (Å²) in [5.41, 5.74) is 0.452. The molecule has 0 aliphatic heterocycles. The topological polar surface area (TPSA) is 87.9 Å². The minimum absolute atomic E-state index is 0.0114. The highest BCUT2D eigenvalue weighted by atomic mass is 19.3. The fourth-order valence-electron chi connectivity index (χ4n) is 2.08. The molecule has 2 heterocycles. The molecule has 8 nitrogen and oxygen atoms in total. The van der Waals surface area contributed by atoms with Crippen LogP contribution in [0, 0.1) is 0 Å². The van der Waals surface area contributed by atoms with Crippen LogP contribution in [-0.4, -0.2) is 51.5 Å². The molecular weight excluding hydrogens is 334 g/mol. The van der Waals surface area contributed by atoms with Crippen LogP contribution in [0.25, 0.3) is 16.9 Å². The summed E-state index contributed by atoms with van der Waals surface area (Å²) in [5.74, 6) is 0.455. The van der Waals surface area contributed by atoms with Gasteiger partial charge < -0.3 is 9.64 Å². The van der Waals surface area contributed by atoms with Crippen molar-refractivity contribution < 1.29 is 13.5 Å². The van der Waals surface area contributed by atoms with E-state index in [4.69, 9.17) is 0 Å². The highest BCUT2D eigenvalue weighted by molar-refractivity contribution is 5.63. The summed E-state index contributed by atoms with van der Waals surface area (Å²) in [6.45, 7) is -2.90. The van der Waals surface area contributed by atoms with E-state index in [1.165, 1.54) is 41.3 Å². The predicted molar refractivity (Wildman–Crippen MR) is 87.5 cm³/mol. The molecule has 3 aromatic rings. The molecule has 0 amide bonds. The van der Waals surface area contributed by atoms with E-state index in [0.29, 0.717) is 11.1 Å². The number of ether oxygens (including phenoxy) is 1. The van der Waals surface area contributed by atoms with Crippen LogP contribution in [-0.2, 0) is 0 Å². The van der Waals surface area contributed by atoms with Crippen LogP contribution in [0.15, 0.2) is 40.2 Å². The molecule has 0 aliphatic rings. The summed E-state index contributed by atoms with van der Waals surface area (Å²) in [5, 5.41) is 4.16. The molecule has 0 radical (unpaired) electrons. The number of H-pyrrole nitrogens is 1. The number of nitrogens with one attached hydrogen (secondary N) is 1. The molecule has 2 aromatic heterocycles. The zero-order chi connectivity index (χ0) is 18.0. The van der Waals surface area contributed by atoms with Crippen molar-refractivity contribution in [2.45, 2.75) is 6.61 Å². The number of hydrogen-bond acceptors (Lipinski definition) is 5. The van der Waals surface area contributed by atoms with Gasteiger partial charge in [-0.2, -0.15) is 13.8 Å². The number of fused-ring (bicyclic) bond motifs is 1. The Morgan fingerprint density at radius 2 is 2.04 bits per heavy atom. The third-order valence-corrected chi connectivity index (χ3v) is 3.14. The van der Waals surface area contributed by atoms with Crippen LogP contribution >= 0.6 is 0 Å². The van der Waals surface area contributed by atoms with Crippen molar-refractivity contribution in [3.63, 3.8) is 0 Å². The second kappa shape index (κ2) is 6.67. The lowest BCUT2D eigenvalue weighted by Crippen LogP contribution is -2.12. The van der Waals surface area contributed by atoms with E-state index < -0.39 is 6.61 Å². The molecule has 0 fully saturated rings. The first kappa shape index (κ1) is 16.6. The van der Waals surface area contributed by atoms with Gasteiger partial charge >= 0.3 is 6.61 Å². The summed E-state index contributed by atoms with van der Waals surface area (Å²) in [7, 11) is 3.61. The fourth-order valence-corrected chi connectivity index (χ4v) is 2.08. The Balaban J connectivity index is 1.96. The molecule has 10 heteroatoms. The Morgan fingerprint density at radius 1 is 1.32 bits per heavy atom. The molecule has 0 aliphatic carbocycles. The van der Waals surface area contributed by atoms with Gasteiger partial charge in [-0.25, -0.2) is 9.51 Å². The van der Waals surface area contributed by atoms with E-state index in [-0.39, 0.29) is 23.0 Å². The Kier molecular flexibility index (Phi) is 4.42. The monoisotopic (exact) mass is 348 g/mol. The van der Waals surface area contributed by atoms with Gasteiger partial charge in [0, 0.05) is 20.3 Å². The Labute approximate surface area is 140 Å². The summed E-state index contributed by atoms with van der Waals surface area (Å²) in [6.07, 6.45) is 3.04. The van der Waals surface area contributed by atoms with Crippen molar-refractivity contribution in [2.24, 2.45) is 4.99 Å². The van der Waals surface area contributed by atoms with E-state index >= 15 is 0 Å². The van der Waals surface area contributed by atoms with Crippen molar-refractivity contribution in [3.05, 3.63) is 40.8 Å². The average molecular weight is 348 g/mol.